The van der Waals surface area contributed by atoms with Crippen LogP contribution in [0.1, 0.15) is 72.0 Å². The van der Waals surface area contributed by atoms with Crippen molar-refractivity contribution >= 4 is 11.7 Å². The molecule has 2 aromatic carbocycles. The van der Waals surface area contributed by atoms with Crippen molar-refractivity contribution in [1.29, 1.82) is 0 Å². The second kappa shape index (κ2) is 11.6. The molecule has 0 bridgehead atoms. The number of hydrogen-bond acceptors (Lipinski definition) is 3. The van der Waals surface area contributed by atoms with Gasteiger partial charge in [0.25, 0.3) is 11.5 Å². The monoisotopic (exact) mass is 461 g/mol. The highest BCUT2D eigenvalue weighted by Gasteiger charge is 2.25. The lowest BCUT2D eigenvalue weighted by Gasteiger charge is -2.24. The first kappa shape index (κ1) is 25.2. The van der Waals surface area contributed by atoms with Crippen LogP contribution in [-0.4, -0.2) is 39.5 Å². The molecule has 3 rings (SSSR count). The number of aromatic amines is 1. The van der Waals surface area contributed by atoms with Crippen molar-refractivity contribution in [3.63, 3.8) is 0 Å². The minimum absolute atomic E-state index is 0.0941. The average molecular weight is 462 g/mol. The summed E-state index contributed by atoms with van der Waals surface area (Å²) in [4.78, 5) is 41.1. The van der Waals surface area contributed by atoms with Gasteiger partial charge in [0, 0.05) is 17.8 Å². The maximum atomic E-state index is 13.3. The summed E-state index contributed by atoms with van der Waals surface area (Å²) in [6.45, 7) is 8.19. The van der Waals surface area contributed by atoms with Crippen molar-refractivity contribution < 1.29 is 9.59 Å². The fourth-order valence-corrected chi connectivity index (χ4v) is 4.12. The first-order valence-electron chi connectivity index (χ1n) is 12.1. The molecule has 6 heteroatoms. The van der Waals surface area contributed by atoms with E-state index in [1.165, 1.54) is 23.1 Å². The van der Waals surface area contributed by atoms with Gasteiger partial charge in [-0.2, -0.15) is 0 Å². The van der Waals surface area contributed by atoms with E-state index < -0.39 is 5.56 Å². The molecule has 1 amide bonds. The summed E-state index contributed by atoms with van der Waals surface area (Å²) in [6.07, 6.45) is 4.49. The number of para-hydroxylation sites is 1. The molecule has 0 unspecified atom stereocenters. The molecule has 1 N–H and O–H groups in total. The van der Waals surface area contributed by atoms with Gasteiger partial charge < -0.3 is 4.90 Å². The molecule has 34 heavy (non-hydrogen) atoms. The van der Waals surface area contributed by atoms with E-state index in [1.54, 1.807) is 24.0 Å². The minimum Gasteiger partial charge on any atom is -0.331 e. The number of nitrogens with zero attached hydrogens (tertiary/aromatic N) is 2. The van der Waals surface area contributed by atoms with Gasteiger partial charge in [-0.3, -0.25) is 19.5 Å². The predicted molar refractivity (Wildman–Crippen MR) is 136 cm³/mol. The van der Waals surface area contributed by atoms with Crippen molar-refractivity contribution in [1.82, 2.24) is 14.7 Å². The Morgan fingerprint density at radius 2 is 1.68 bits per heavy atom. The Hall–Kier alpha value is -3.41. The molecule has 0 spiro atoms. The molecule has 0 saturated heterocycles. The molecule has 0 radical (unpaired) electrons. The molecule has 0 saturated carbocycles. The number of Topliss-reactive ketones (excluding diaryl/α,β-unsaturated/α-hetero) is 1. The van der Waals surface area contributed by atoms with Crippen LogP contribution in [-0.2, 0) is 6.42 Å². The Morgan fingerprint density at radius 3 is 2.29 bits per heavy atom. The molecular weight excluding hydrogens is 426 g/mol. The highest BCUT2D eigenvalue weighted by atomic mass is 16.2. The van der Waals surface area contributed by atoms with Crippen LogP contribution in [0.15, 0.2) is 59.4 Å². The molecule has 1 aromatic heterocycles. The number of amides is 1. The van der Waals surface area contributed by atoms with Crippen LogP contribution < -0.4 is 5.56 Å². The predicted octanol–water partition coefficient (Wildman–Crippen LogP) is 5.19. The van der Waals surface area contributed by atoms with Crippen LogP contribution in [0.25, 0.3) is 5.69 Å². The van der Waals surface area contributed by atoms with Gasteiger partial charge >= 0.3 is 0 Å². The normalized spacial score (nSPS) is 11.1. The first-order valence-corrected chi connectivity index (χ1v) is 12.1. The maximum Gasteiger partial charge on any atom is 0.282 e. The molecule has 6 nitrogen and oxygen atoms in total. The quantitative estimate of drug-likeness (QED) is 0.315. The van der Waals surface area contributed by atoms with Crippen LogP contribution in [0.4, 0.5) is 0 Å². The van der Waals surface area contributed by atoms with E-state index in [0.717, 1.165) is 12.8 Å². The summed E-state index contributed by atoms with van der Waals surface area (Å²) >= 11 is 0. The number of ketones is 1. The number of hydrogen-bond donors (Lipinski definition) is 1. The third-order valence-electron chi connectivity index (χ3n) is 5.84. The van der Waals surface area contributed by atoms with Crippen LogP contribution in [0.5, 0.6) is 0 Å². The maximum absolute atomic E-state index is 13.3. The van der Waals surface area contributed by atoms with Crippen molar-refractivity contribution in [3.8, 4) is 5.69 Å². The van der Waals surface area contributed by atoms with E-state index in [-0.39, 0.29) is 29.7 Å². The van der Waals surface area contributed by atoms with Crippen molar-refractivity contribution in [2.75, 3.05) is 13.1 Å². The van der Waals surface area contributed by atoms with Gasteiger partial charge in [0.2, 0.25) is 0 Å². The molecule has 0 fully saturated rings. The van der Waals surface area contributed by atoms with Crippen LogP contribution >= 0.6 is 0 Å². The Morgan fingerprint density at radius 1 is 1.00 bits per heavy atom. The summed E-state index contributed by atoms with van der Waals surface area (Å²) in [6, 6.07) is 16.8. The zero-order valence-electron chi connectivity index (χ0n) is 20.6. The second-order valence-corrected chi connectivity index (χ2v) is 9.24. The van der Waals surface area contributed by atoms with Crippen LogP contribution in [0.2, 0.25) is 0 Å². The van der Waals surface area contributed by atoms with Crippen molar-refractivity contribution in [3.05, 3.63) is 87.3 Å². The van der Waals surface area contributed by atoms with E-state index in [4.69, 9.17) is 0 Å². The van der Waals surface area contributed by atoms with Gasteiger partial charge in [0.1, 0.15) is 5.56 Å². The van der Waals surface area contributed by atoms with Gasteiger partial charge in [0.15, 0.2) is 5.78 Å². The number of aryl methyl sites for hydroxylation is 2. The Bertz CT molecular complexity index is 1160. The summed E-state index contributed by atoms with van der Waals surface area (Å²) in [7, 11) is 0. The zero-order valence-corrected chi connectivity index (χ0v) is 20.6. The van der Waals surface area contributed by atoms with E-state index in [0.29, 0.717) is 23.5 Å². The molecule has 0 atom stereocenters. The summed E-state index contributed by atoms with van der Waals surface area (Å²) < 4.78 is 1.37. The van der Waals surface area contributed by atoms with Crippen LogP contribution in [0, 0.1) is 12.8 Å². The lowest BCUT2D eigenvalue weighted by molar-refractivity contribution is 0.0691. The van der Waals surface area contributed by atoms with Crippen molar-refractivity contribution in [2.45, 2.75) is 53.4 Å². The fourth-order valence-electron chi connectivity index (χ4n) is 4.12. The number of benzene rings is 2. The summed E-state index contributed by atoms with van der Waals surface area (Å²) in [5.41, 5.74) is 2.61. The number of rotatable bonds is 11. The Labute approximate surface area is 201 Å². The van der Waals surface area contributed by atoms with Gasteiger partial charge in [-0.1, -0.05) is 63.9 Å². The number of nitrogens with one attached hydrogen (secondary N) is 1. The highest BCUT2D eigenvalue weighted by molar-refractivity contribution is 6.02. The third kappa shape index (κ3) is 6.13. The third-order valence-corrected chi connectivity index (χ3v) is 5.84. The number of H-pyrrole nitrogens is 1. The average Bonchev–Trinajstić information content (AvgIpc) is 3.13. The first-order chi connectivity index (χ1) is 16.3. The van der Waals surface area contributed by atoms with Gasteiger partial charge in [-0.25, -0.2) is 4.68 Å². The minimum atomic E-state index is -0.401. The van der Waals surface area contributed by atoms with E-state index in [9.17, 15) is 14.4 Å². The van der Waals surface area contributed by atoms with Crippen molar-refractivity contribution in [2.24, 2.45) is 5.92 Å². The molecule has 1 heterocycles. The number of unbranched alkanes of at least 4 members (excludes halogenated alkanes) is 2. The lowest BCUT2D eigenvalue weighted by atomic mass is 10.0. The largest absolute Gasteiger partial charge is 0.331 e. The van der Waals surface area contributed by atoms with E-state index >= 15 is 0 Å². The van der Waals surface area contributed by atoms with E-state index in [2.05, 4.69) is 12.0 Å². The van der Waals surface area contributed by atoms with Gasteiger partial charge in [0.05, 0.1) is 12.2 Å². The lowest BCUT2D eigenvalue weighted by Crippen LogP contribution is -2.39. The zero-order chi connectivity index (χ0) is 24.7. The molecule has 0 aliphatic heterocycles. The smallest absolute Gasteiger partial charge is 0.282 e. The van der Waals surface area contributed by atoms with Gasteiger partial charge in [-0.05, 0) is 55.5 Å². The standard InChI is InChI=1S/C28H35N3O3/c1-5-6-8-11-22-14-16-23(17-15-22)27(33)30(18-20(2)3)19-25(32)26-21(4)29-31(28(26)34)24-12-9-7-10-13-24/h7,9-10,12-17,20,29H,5-6,8,11,18-19H2,1-4H3. The number of carbonyl (C=O) groups excluding carboxylic acids is 2. The summed E-state index contributed by atoms with van der Waals surface area (Å²) in [5, 5.41) is 2.99. The van der Waals surface area contributed by atoms with Crippen LogP contribution in [0.3, 0.4) is 0 Å². The molecule has 180 valence electrons. The molecular formula is C28H35N3O3. The molecule has 3 aromatic rings. The number of aromatic nitrogens is 2. The topological polar surface area (TPSA) is 75.2 Å². The summed E-state index contributed by atoms with van der Waals surface area (Å²) in [5.74, 6) is -0.379. The fraction of sp³-hybridized carbons (Fsp3) is 0.393. The SMILES string of the molecule is CCCCCc1ccc(C(=O)N(CC(=O)c2c(C)[nH]n(-c3ccccc3)c2=O)CC(C)C)cc1. The Balaban J connectivity index is 1.80. The number of carbonyl (C=O) groups is 2. The molecule has 0 aliphatic carbocycles. The highest BCUT2D eigenvalue weighted by Crippen LogP contribution is 2.14. The molecule has 0 aliphatic rings. The van der Waals surface area contributed by atoms with Gasteiger partial charge in [-0.15, -0.1) is 0 Å². The second-order valence-electron chi connectivity index (χ2n) is 9.24. The Kier molecular flexibility index (Phi) is 8.63. The van der Waals surface area contributed by atoms with E-state index in [1.807, 2.05) is 56.3 Å².